The highest BCUT2D eigenvalue weighted by Gasteiger charge is 2.13. The second-order valence-corrected chi connectivity index (χ2v) is 8.58. The minimum absolute atomic E-state index is 0.0899. The van der Waals surface area contributed by atoms with Crippen LogP contribution in [0.4, 0.5) is 0 Å². The molecule has 0 aliphatic carbocycles. The molecule has 0 spiro atoms. The molecule has 8 heteroatoms. The molecule has 0 bridgehead atoms. The second-order valence-electron chi connectivity index (χ2n) is 8.15. The average Bonchev–Trinajstić information content (AvgIpc) is 3.48. The summed E-state index contributed by atoms with van der Waals surface area (Å²) >= 11 is 6.02. The van der Waals surface area contributed by atoms with Crippen LogP contribution in [0.15, 0.2) is 78.1 Å². The van der Waals surface area contributed by atoms with Gasteiger partial charge in [0.05, 0.1) is 24.2 Å². The van der Waals surface area contributed by atoms with Crippen LogP contribution in [0.25, 0.3) is 38.6 Å². The number of aryl methyl sites for hydroxylation is 2. The van der Waals surface area contributed by atoms with Gasteiger partial charge in [-0.3, -0.25) is 4.79 Å². The number of ether oxygens (including phenoxy) is 1. The number of rotatable bonds is 5. The van der Waals surface area contributed by atoms with Crippen molar-refractivity contribution in [2.24, 2.45) is 0 Å². The second kappa shape index (κ2) is 8.04. The maximum absolute atomic E-state index is 13.2. The van der Waals surface area contributed by atoms with Crippen molar-refractivity contribution < 1.29 is 4.74 Å². The van der Waals surface area contributed by atoms with E-state index >= 15 is 0 Å². The van der Waals surface area contributed by atoms with Crippen molar-refractivity contribution in [3.63, 3.8) is 0 Å². The molecule has 1 N–H and O–H groups in total. The third kappa shape index (κ3) is 3.33. The van der Waals surface area contributed by atoms with E-state index < -0.39 is 0 Å². The predicted molar refractivity (Wildman–Crippen MR) is 134 cm³/mol. The van der Waals surface area contributed by atoms with Gasteiger partial charge in [0, 0.05) is 46.6 Å². The smallest absolute Gasteiger partial charge is 0.261 e. The van der Waals surface area contributed by atoms with Crippen molar-refractivity contribution in [3.8, 4) is 16.9 Å². The fourth-order valence-corrected chi connectivity index (χ4v) is 4.52. The summed E-state index contributed by atoms with van der Waals surface area (Å²) in [5, 5.41) is 6.81. The van der Waals surface area contributed by atoms with Gasteiger partial charge in [0.15, 0.2) is 5.65 Å². The number of hydrogen-bond donors (Lipinski definition) is 1. The lowest BCUT2D eigenvalue weighted by atomic mass is 10.1. The Bertz CT molecular complexity index is 1730. The number of methoxy groups -OCH3 is 1. The minimum atomic E-state index is -0.0899. The lowest BCUT2D eigenvalue weighted by Crippen LogP contribution is -2.21. The Balaban J connectivity index is 1.35. The van der Waals surface area contributed by atoms with E-state index in [0.717, 1.165) is 38.9 Å². The van der Waals surface area contributed by atoms with Gasteiger partial charge in [-0.2, -0.15) is 5.10 Å². The normalized spacial score (nSPS) is 11.6. The third-order valence-electron chi connectivity index (χ3n) is 6.22. The summed E-state index contributed by atoms with van der Waals surface area (Å²) in [6, 6.07) is 15.4. The molecular weight excluding hydrogens is 450 g/mol. The van der Waals surface area contributed by atoms with E-state index in [9.17, 15) is 4.79 Å². The first-order valence-corrected chi connectivity index (χ1v) is 11.3. The Morgan fingerprint density at radius 1 is 1.06 bits per heavy atom. The molecule has 2 aromatic carbocycles. The van der Waals surface area contributed by atoms with Crippen molar-refractivity contribution in [2.45, 2.75) is 13.0 Å². The van der Waals surface area contributed by atoms with Crippen molar-refractivity contribution in [1.29, 1.82) is 0 Å². The summed E-state index contributed by atoms with van der Waals surface area (Å²) in [4.78, 5) is 21.1. The van der Waals surface area contributed by atoms with Crippen LogP contribution in [-0.4, -0.2) is 31.3 Å². The van der Waals surface area contributed by atoms with Gasteiger partial charge in [-0.1, -0.05) is 23.7 Å². The molecule has 0 atom stereocenters. The molecule has 6 aromatic rings. The highest BCUT2D eigenvalue weighted by molar-refractivity contribution is 6.30. The standard InChI is InChI=1S/C26H20ClN5O2/c1-34-19-6-7-23-20(12-19)17(13-28-23)8-10-31-11-9-24-22(26(31)33)14-29-25-21(15-30-32(24)25)16-2-4-18(27)5-3-16/h2-7,9,11-15,28H,8,10H2,1H3. The molecule has 0 aliphatic heterocycles. The minimum Gasteiger partial charge on any atom is -0.497 e. The highest BCUT2D eigenvalue weighted by atomic mass is 35.5. The average molecular weight is 470 g/mol. The van der Waals surface area contributed by atoms with Crippen molar-refractivity contribution in [1.82, 2.24) is 24.1 Å². The summed E-state index contributed by atoms with van der Waals surface area (Å²) in [5.41, 5.74) is 5.36. The molecule has 0 saturated carbocycles. The maximum atomic E-state index is 13.2. The molecule has 4 aromatic heterocycles. The summed E-state index contributed by atoms with van der Waals surface area (Å²) in [7, 11) is 1.66. The quantitative estimate of drug-likeness (QED) is 0.381. The van der Waals surface area contributed by atoms with Gasteiger partial charge in [0.2, 0.25) is 0 Å². The first-order valence-electron chi connectivity index (χ1n) is 10.9. The van der Waals surface area contributed by atoms with Gasteiger partial charge in [0.25, 0.3) is 5.56 Å². The van der Waals surface area contributed by atoms with Crippen LogP contribution in [0.2, 0.25) is 5.02 Å². The molecule has 7 nitrogen and oxygen atoms in total. The largest absolute Gasteiger partial charge is 0.497 e. The predicted octanol–water partition coefficient (Wildman–Crippen LogP) is 5.10. The zero-order chi connectivity index (χ0) is 23.2. The van der Waals surface area contributed by atoms with Crippen LogP contribution in [0, 0.1) is 0 Å². The first-order chi connectivity index (χ1) is 16.6. The molecule has 0 fully saturated rings. The lowest BCUT2D eigenvalue weighted by molar-refractivity contribution is 0.415. The number of hydrogen-bond acceptors (Lipinski definition) is 4. The lowest BCUT2D eigenvalue weighted by Gasteiger charge is -2.08. The number of aromatic amines is 1. The van der Waals surface area contributed by atoms with Gasteiger partial charge in [0.1, 0.15) is 5.75 Å². The SMILES string of the molecule is COc1ccc2[nH]cc(CCn3ccc4c(cnc5c(-c6ccc(Cl)cc6)cnn54)c3=O)c2c1. The number of fused-ring (bicyclic) bond motifs is 4. The number of pyridine rings is 1. The number of H-pyrrole nitrogens is 1. The summed E-state index contributed by atoms with van der Waals surface area (Å²) in [5.74, 6) is 0.809. The van der Waals surface area contributed by atoms with Crippen LogP contribution in [0.1, 0.15) is 5.56 Å². The Morgan fingerprint density at radius 3 is 2.74 bits per heavy atom. The van der Waals surface area contributed by atoms with E-state index in [0.29, 0.717) is 29.0 Å². The van der Waals surface area contributed by atoms with E-state index in [-0.39, 0.29) is 5.56 Å². The zero-order valence-electron chi connectivity index (χ0n) is 18.3. The van der Waals surface area contributed by atoms with E-state index in [2.05, 4.69) is 15.1 Å². The monoisotopic (exact) mass is 469 g/mol. The molecule has 0 amide bonds. The van der Waals surface area contributed by atoms with Crippen molar-refractivity contribution in [3.05, 3.63) is 94.3 Å². The first kappa shape index (κ1) is 20.5. The maximum Gasteiger partial charge on any atom is 0.261 e. The number of aromatic nitrogens is 5. The van der Waals surface area contributed by atoms with Gasteiger partial charge in [-0.15, -0.1) is 0 Å². The van der Waals surface area contributed by atoms with Crippen molar-refractivity contribution in [2.75, 3.05) is 7.11 Å². The number of halogens is 1. The van der Waals surface area contributed by atoms with E-state index in [4.69, 9.17) is 16.3 Å². The molecule has 0 radical (unpaired) electrons. The summed E-state index contributed by atoms with van der Waals surface area (Å²) < 4.78 is 8.80. The summed E-state index contributed by atoms with van der Waals surface area (Å²) in [6.07, 6.45) is 7.92. The number of nitrogens with one attached hydrogen (secondary N) is 1. The summed E-state index contributed by atoms with van der Waals surface area (Å²) in [6.45, 7) is 0.548. The highest BCUT2D eigenvalue weighted by Crippen LogP contribution is 2.27. The Kier molecular flexibility index (Phi) is 4.85. The van der Waals surface area contributed by atoms with Gasteiger partial charge in [-0.25, -0.2) is 9.50 Å². The Morgan fingerprint density at radius 2 is 1.91 bits per heavy atom. The molecule has 6 rings (SSSR count). The third-order valence-corrected chi connectivity index (χ3v) is 6.47. The Hall–Kier alpha value is -4.10. The molecule has 0 aliphatic rings. The number of nitrogens with zero attached hydrogens (tertiary/aromatic N) is 4. The molecule has 0 saturated heterocycles. The van der Waals surface area contributed by atoms with Crippen LogP contribution in [-0.2, 0) is 13.0 Å². The molecule has 34 heavy (non-hydrogen) atoms. The van der Waals surface area contributed by atoms with E-state index in [1.54, 1.807) is 28.6 Å². The number of benzene rings is 2. The van der Waals surface area contributed by atoms with Gasteiger partial charge < -0.3 is 14.3 Å². The topological polar surface area (TPSA) is 77.2 Å². The fourth-order valence-electron chi connectivity index (χ4n) is 4.40. The zero-order valence-corrected chi connectivity index (χ0v) is 19.1. The van der Waals surface area contributed by atoms with Gasteiger partial charge >= 0.3 is 0 Å². The van der Waals surface area contributed by atoms with E-state index in [1.165, 1.54) is 0 Å². The van der Waals surface area contributed by atoms with Gasteiger partial charge in [-0.05, 0) is 53.9 Å². The molecular formula is C26H20ClN5O2. The van der Waals surface area contributed by atoms with Crippen molar-refractivity contribution >= 4 is 39.1 Å². The van der Waals surface area contributed by atoms with Crippen LogP contribution >= 0.6 is 11.6 Å². The molecule has 168 valence electrons. The van der Waals surface area contributed by atoms with E-state index in [1.807, 2.05) is 60.9 Å². The fraction of sp³-hybridized carbons (Fsp3) is 0.115. The molecule has 4 heterocycles. The van der Waals surface area contributed by atoms with Crippen LogP contribution in [0.3, 0.4) is 0 Å². The van der Waals surface area contributed by atoms with Crippen LogP contribution in [0.5, 0.6) is 5.75 Å². The Labute approximate surface area is 199 Å². The van der Waals surface area contributed by atoms with Crippen LogP contribution < -0.4 is 10.3 Å². The molecule has 0 unspecified atom stereocenters.